The third-order valence-electron chi connectivity index (χ3n) is 4.95. The predicted molar refractivity (Wildman–Crippen MR) is 85.2 cm³/mol. The predicted octanol–water partition coefficient (Wildman–Crippen LogP) is 2.44. The highest BCUT2D eigenvalue weighted by Gasteiger charge is 2.25. The lowest BCUT2D eigenvalue weighted by Gasteiger charge is -2.30. The summed E-state index contributed by atoms with van der Waals surface area (Å²) in [6.45, 7) is 3.01. The van der Waals surface area contributed by atoms with Crippen LogP contribution in [0, 0.1) is 5.92 Å². The first-order valence-corrected chi connectivity index (χ1v) is 8.33. The van der Waals surface area contributed by atoms with Crippen LogP contribution in [0.15, 0.2) is 24.3 Å². The summed E-state index contributed by atoms with van der Waals surface area (Å²) in [5.74, 6) is 0.394. The SMILES string of the molecule is CC1CCCC(CNC(=O)C2CCc3ccccc3C2)N1. The minimum Gasteiger partial charge on any atom is -0.354 e. The molecule has 3 rings (SSSR count). The molecule has 2 N–H and O–H groups in total. The van der Waals surface area contributed by atoms with Crippen molar-refractivity contribution in [3.63, 3.8) is 0 Å². The van der Waals surface area contributed by atoms with Crippen LogP contribution >= 0.6 is 0 Å². The number of carbonyl (C=O) groups excluding carboxylic acids is 1. The number of nitrogens with one attached hydrogen (secondary N) is 2. The van der Waals surface area contributed by atoms with Crippen LogP contribution in [-0.4, -0.2) is 24.5 Å². The van der Waals surface area contributed by atoms with Crippen molar-refractivity contribution in [3.05, 3.63) is 35.4 Å². The van der Waals surface area contributed by atoms with E-state index < -0.39 is 0 Å². The van der Waals surface area contributed by atoms with Gasteiger partial charge in [-0.15, -0.1) is 0 Å². The number of aryl methyl sites for hydroxylation is 1. The molecule has 114 valence electrons. The van der Waals surface area contributed by atoms with Gasteiger partial charge in [0, 0.05) is 24.5 Å². The molecule has 2 aliphatic rings. The molecule has 0 aromatic heterocycles. The van der Waals surface area contributed by atoms with E-state index in [-0.39, 0.29) is 11.8 Å². The summed E-state index contributed by atoms with van der Waals surface area (Å²) in [6, 6.07) is 9.56. The highest BCUT2D eigenvalue weighted by molar-refractivity contribution is 5.79. The van der Waals surface area contributed by atoms with E-state index in [2.05, 4.69) is 41.8 Å². The van der Waals surface area contributed by atoms with E-state index in [0.29, 0.717) is 12.1 Å². The number of hydrogen-bond donors (Lipinski definition) is 2. The molecule has 21 heavy (non-hydrogen) atoms. The largest absolute Gasteiger partial charge is 0.354 e. The zero-order chi connectivity index (χ0) is 14.7. The molecule has 1 aliphatic carbocycles. The summed E-state index contributed by atoms with van der Waals surface area (Å²) >= 11 is 0. The van der Waals surface area contributed by atoms with Gasteiger partial charge in [-0.3, -0.25) is 4.79 Å². The molecule has 3 nitrogen and oxygen atoms in total. The second-order valence-electron chi connectivity index (χ2n) is 6.65. The van der Waals surface area contributed by atoms with E-state index >= 15 is 0 Å². The monoisotopic (exact) mass is 286 g/mol. The molecule has 0 spiro atoms. The van der Waals surface area contributed by atoms with Gasteiger partial charge >= 0.3 is 0 Å². The number of piperidine rings is 1. The zero-order valence-corrected chi connectivity index (χ0v) is 12.9. The summed E-state index contributed by atoms with van der Waals surface area (Å²) < 4.78 is 0. The molecule has 1 amide bonds. The molecule has 3 heteroatoms. The maximum atomic E-state index is 12.4. The van der Waals surface area contributed by atoms with Crippen molar-refractivity contribution in [2.75, 3.05) is 6.54 Å². The smallest absolute Gasteiger partial charge is 0.223 e. The standard InChI is InChI=1S/C18H26N2O/c1-13-5-4-8-17(20-13)12-19-18(21)16-10-9-14-6-2-3-7-15(14)11-16/h2-3,6-7,13,16-17,20H,4-5,8-12H2,1H3,(H,19,21). The average molecular weight is 286 g/mol. The molecule has 1 aromatic carbocycles. The van der Waals surface area contributed by atoms with Gasteiger partial charge in [-0.05, 0) is 50.2 Å². The molecule has 3 unspecified atom stereocenters. The molecule has 1 fully saturated rings. The first kappa shape index (κ1) is 14.6. The van der Waals surface area contributed by atoms with Crippen LogP contribution in [0.3, 0.4) is 0 Å². The van der Waals surface area contributed by atoms with Crippen molar-refractivity contribution in [1.29, 1.82) is 0 Å². The summed E-state index contributed by atoms with van der Waals surface area (Å²) in [5, 5.41) is 6.75. The second kappa shape index (κ2) is 6.61. The van der Waals surface area contributed by atoms with Gasteiger partial charge in [-0.1, -0.05) is 30.7 Å². The van der Waals surface area contributed by atoms with Crippen LogP contribution < -0.4 is 10.6 Å². The Hall–Kier alpha value is -1.35. The maximum Gasteiger partial charge on any atom is 0.223 e. The molecule has 0 radical (unpaired) electrons. The number of carbonyl (C=O) groups is 1. The third-order valence-corrected chi connectivity index (χ3v) is 4.95. The van der Waals surface area contributed by atoms with Crippen molar-refractivity contribution >= 4 is 5.91 Å². The number of fused-ring (bicyclic) bond motifs is 1. The quantitative estimate of drug-likeness (QED) is 0.896. The first-order valence-electron chi connectivity index (χ1n) is 8.33. The lowest BCUT2D eigenvalue weighted by Crippen LogP contribution is -2.48. The fraction of sp³-hybridized carbons (Fsp3) is 0.611. The molecule has 3 atom stereocenters. The fourth-order valence-electron chi connectivity index (χ4n) is 3.69. The minimum absolute atomic E-state index is 0.154. The number of rotatable bonds is 3. The summed E-state index contributed by atoms with van der Waals surface area (Å²) in [4.78, 5) is 12.4. The molecular formula is C18H26N2O. The Morgan fingerprint density at radius 1 is 1.24 bits per heavy atom. The molecule has 1 aliphatic heterocycles. The van der Waals surface area contributed by atoms with Crippen LogP contribution in [-0.2, 0) is 17.6 Å². The Kier molecular flexibility index (Phi) is 4.59. The Balaban J connectivity index is 1.50. The molecule has 1 saturated heterocycles. The Morgan fingerprint density at radius 3 is 2.86 bits per heavy atom. The number of benzene rings is 1. The Labute approximate surface area is 127 Å². The molecule has 1 heterocycles. The van der Waals surface area contributed by atoms with Crippen LogP contribution in [0.5, 0.6) is 0 Å². The Morgan fingerprint density at radius 2 is 2.05 bits per heavy atom. The van der Waals surface area contributed by atoms with Gasteiger partial charge in [0.05, 0.1) is 0 Å². The lowest BCUT2D eigenvalue weighted by atomic mass is 9.83. The van der Waals surface area contributed by atoms with Crippen molar-refractivity contribution in [3.8, 4) is 0 Å². The van der Waals surface area contributed by atoms with E-state index in [1.165, 1.54) is 30.4 Å². The fourth-order valence-corrected chi connectivity index (χ4v) is 3.69. The molecule has 0 saturated carbocycles. The van der Waals surface area contributed by atoms with Crippen LogP contribution in [0.4, 0.5) is 0 Å². The van der Waals surface area contributed by atoms with E-state index in [1.54, 1.807) is 0 Å². The van der Waals surface area contributed by atoms with Gasteiger partial charge < -0.3 is 10.6 Å². The van der Waals surface area contributed by atoms with Crippen LogP contribution in [0.2, 0.25) is 0 Å². The topological polar surface area (TPSA) is 41.1 Å². The Bertz CT molecular complexity index is 500. The third kappa shape index (κ3) is 3.65. The molecule has 0 bridgehead atoms. The molecular weight excluding hydrogens is 260 g/mol. The van der Waals surface area contributed by atoms with Gasteiger partial charge in [0.1, 0.15) is 0 Å². The van der Waals surface area contributed by atoms with E-state index in [4.69, 9.17) is 0 Å². The molecule has 1 aromatic rings. The highest BCUT2D eigenvalue weighted by Crippen LogP contribution is 2.25. The van der Waals surface area contributed by atoms with Gasteiger partial charge in [0.25, 0.3) is 0 Å². The minimum atomic E-state index is 0.154. The highest BCUT2D eigenvalue weighted by atomic mass is 16.1. The van der Waals surface area contributed by atoms with Gasteiger partial charge in [-0.25, -0.2) is 0 Å². The van der Waals surface area contributed by atoms with Gasteiger partial charge in [0.15, 0.2) is 0 Å². The van der Waals surface area contributed by atoms with Crippen molar-refractivity contribution in [2.24, 2.45) is 5.92 Å². The van der Waals surface area contributed by atoms with Crippen molar-refractivity contribution < 1.29 is 4.79 Å². The van der Waals surface area contributed by atoms with E-state index in [9.17, 15) is 4.79 Å². The van der Waals surface area contributed by atoms with Crippen molar-refractivity contribution in [2.45, 2.75) is 57.5 Å². The average Bonchev–Trinajstić information content (AvgIpc) is 2.52. The maximum absolute atomic E-state index is 12.4. The van der Waals surface area contributed by atoms with E-state index in [1.807, 2.05) is 0 Å². The summed E-state index contributed by atoms with van der Waals surface area (Å²) in [6.07, 6.45) is 6.62. The van der Waals surface area contributed by atoms with Gasteiger partial charge in [0.2, 0.25) is 5.91 Å². The second-order valence-corrected chi connectivity index (χ2v) is 6.65. The van der Waals surface area contributed by atoms with Gasteiger partial charge in [-0.2, -0.15) is 0 Å². The van der Waals surface area contributed by atoms with Crippen molar-refractivity contribution in [1.82, 2.24) is 10.6 Å². The van der Waals surface area contributed by atoms with Crippen LogP contribution in [0.25, 0.3) is 0 Å². The zero-order valence-electron chi connectivity index (χ0n) is 12.9. The summed E-state index contributed by atoms with van der Waals surface area (Å²) in [7, 11) is 0. The normalized spacial score (nSPS) is 28.7. The number of amides is 1. The summed E-state index contributed by atoms with van der Waals surface area (Å²) in [5.41, 5.74) is 2.78. The lowest BCUT2D eigenvalue weighted by molar-refractivity contribution is -0.125. The first-order chi connectivity index (χ1) is 10.2. The van der Waals surface area contributed by atoms with E-state index in [0.717, 1.165) is 25.8 Å². The van der Waals surface area contributed by atoms with Crippen LogP contribution in [0.1, 0.15) is 43.7 Å². The number of hydrogen-bond acceptors (Lipinski definition) is 2.